The van der Waals surface area contributed by atoms with Crippen molar-refractivity contribution in [2.75, 3.05) is 4.90 Å². The summed E-state index contributed by atoms with van der Waals surface area (Å²) in [5, 5.41) is 2.17. The summed E-state index contributed by atoms with van der Waals surface area (Å²) in [7, 11) is 0. The van der Waals surface area contributed by atoms with Crippen LogP contribution in [0.3, 0.4) is 0 Å². The van der Waals surface area contributed by atoms with Gasteiger partial charge in [-0.15, -0.1) is 0 Å². The van der Waals surface area contributed by atoms with E-state index in [1.165, 1.54) is 4.90 Å². The van der Waals surface area contributed by atoms with Crippen molar-refractivity contribution in [3.05, 3.63) is 181 Å². The molecule has 2 heterocycles. The van der Waals surface area contributed by atoms with Crippen LogP contribution in [-0.4, -0.2) is 16.4 Å². The van der Waals surface area contributed by atoms with Crippen molar-refractivity contribution in [3.63, 3.8) is 0 Å². The van der Waals surface area contributed by atoms with Gasteiger partial charge in [0.15, 0.2) is 0 Å². The van der Waals surface area contributed by atoms with Gasteiger partial charge in [0, 0.05) is 16.3 Å². The maximum atomic E-state index is 14.7. The number of amides is 2. The molecular weight excluding hydrogens is 588 g/mol. The lowest BCUT2D eigenvalue weighted by Gasteiger charge is -2.20. The second kappa shape index (κ2) is 11.1. The highest BCUT2D eigenvalue weighted by atomic mass is 16.2. The van der Waals surface area contributed by atoms with Gasteiger partial charge in [-0.2, -0.15) is 0 Å². The van der Waals surface area contributed by atoms with Gasteiger partial charge in [-0.25, -0.2) is 4.90 Å². The Balaban J connectivity index is 1.24. The molecule has 4 nitrogen and oxygen atoms in total. The van der Waals surface area contributed by atoms with Crippen molar-refractivity contribution in [1.29, 1.82) is 0 Å². The Morgan fingerprint density at radius 2 is 0.938 bits per heavy atom. The van der Waals surface area contributed by atoms with Gasteiger partial charge in [-0.05, 0) is 64.2 Å². The number of rotatable bonds is 5. The van der Waals surface area contributed by atoms with E-state index in [1.54, 1.807) is 6.07 Å². The molecule has 0 spiro atoms. The first kappa shape index (κ1) is 27.8. The first-order valence-corrected chi connectivity index (χ1v) is 16.0. The van der Waals surface area contributed by atoms with Gasteiger partial charge >= 0.3 is 0 Å². The molecule has 0 radical (unpaired) electrons. The van der Waals surface area contributed by atoms with E-state index in [2.05, 4.69) is 65.2 Å². The second-order valence-electron chi connectivity index (χ2n) is 12.1. The zero-order chi connectivity index (χ0) is 32.2. The van der Waals surface area contributed by atoms with Gasteiger partial charge in [0.25, 0.3) is 11.8 Å². The Kier molecular flexibility index (Phi) is 6.41. The van der Waals surface area contributed by atoms with Gasteiger partial charge < -0.3 is 4.57 Å². The van der Waals surface area contributed by atoms with Crippen molar-refractivity contribution in [1.82, 2.24) is 4.57 Å². The van der Waals surface area contributed by atoms with Crippen LogP contribution >= 0.6 is 0 Å². The lowest BCUT2D eigenvalue weighted by Crippen LogP contribution is -2.30. The lowest BCUT2D eigenvalue weighted by atomic mass is 9.97. The number of para-hydroxylation sites is 1. The monoisotopic (exact) mass is 616 g/mol. The van der Waals surface area contributed by atoms with Crippen molar-refractivity contribution in [3.8, 4) is 39.1 Å². The van der Waals surface area contributed by atoms with Crippen LogP contribution in [0.5, 0.6) is 0 Å². The highest BCUT2D eigenvalue weighted by Gasteiger charge is 2.40. The number of hydrogen-bond acceptors (Lipinski definition) is 2. The predicted molar refractivity (Wildman–Crippen MR) is 195 cm³/mol. The topological polar surface area (TPSA) is 42.3 Å². The fourth-order valence-electron chi connectivity index (χ4n) is 7.10. The minimum atomic E-state index is -0.333. The van der Waals surface area contributed by atoms with Gasteiger partial charge in [-0.1, -0.05) is 133 Å². The number of fused-ring (bicyclic) bond motifs is 4. The van der Waals surface area contributed by atoms with Crippen LogP contribution in [0, 0.1) is 0 Å². The number of carbonyl (C=O) groups excluding carboxylic acids is 2. The quantitative estimate of drug-likeness (QED) is 0.181. The molecule has 226 valence electrons. The molecule has 8 aromatic rings. The molecule has 1 aliphatic heterocycles. The molecule has 1 aromatic heterocycles. The van der Waals surface area contributed by atoms with Crippen molar-refractivity contribution in [2.45, 2.75) is 0 Å². The molecule has 1 aliphatic rings. The van der Waals surface area contributed by atoms with Crippen LogP contribution in [0.1, 0.15) is 20.7 Å². The Hall–Kier alpha value is -6.52. The number of benzene rings is 7. The Morgan fingerprint density at radius 3 is 1.65 bits per heavy atom. The summed E-state index contributed by atoms with van der Waals surface area (Å²) in [6.07, 6.45) is 0. The maximum absolute atomic E-state index is 14.7. The van der Waals surface area contributed by atoms with Crippen LogP contribution in [0.15, 0.2) is 170 Å². The largest absolute Gasteiger partial charge is 0.308 e. The fourth-order valence-corrected chi connectivity index (χ4v) is 7.10. The normalized spacial score (nSPS) is 12.6. The standard InChI is InChI=1S/C44H28N2O2/c47-43-36-20-12-22-40(45-38-21-11-10-19-34(38)35-25-23-33(28-41(35)45)30-15-6-2-7-16-30)42(36)44(48)46(43)39-26-24-32(29-13-4-1-5-14-29)27-37(39)31-17-8-3-9-18-31/h1-28H. The minimum absolute atomic E-state index is 0.327. The van der Waals surface area contributed by atoms with Gasteiger partial charge in [-0.3, -0.25) is 9.59 Å². The molecule has 9 rings (SSSR count). The Morgan fingerprint density at radius 1 is 0.354 bits per heavy atom. The molecule has 7 aromatic carbocycles. The fraction of sp³-hybridized carbons (Fsp3) is 0. The highest BCUT2D eigenvalue weighted by Crippen LogP contribution is 2.42. The van der Waals surface area contributed by atoms with Crippen LogP contribution in [0.4, 0.5) is 5.69 Å². The number of carbonyl (C=O) groups is 2. The molecule has 0 saturated carbocycles. The average Bonchev–Trinajstić information content (AvgIpc) is 3.62. The molecule has 2 amide bonds. The van der Waals surface area contributed by atoms with E-state index in [0.717, 1.165) is 55.2 Å². The van der Waals surface area contributed by atoms with Gasteiger partial charge in [0.05, 0.1) is 33.5 Å². The number of anilines is 1. The number of nitrogens with zero attached hydrogens (tertiary/aromatic N) is 2. The smallest absolute Gasteiger partial charge is 0.268 e. The van der Waals surface area contributed by atoms with E-state index in [0.29, 0.717) is 22.5 Å². The molecule has 0 bridgehead atoms. The zero-order valence-corrected chi connectivity index (χ0v) is 25.9. The predicted octanol–water partition coefficient (Wildman–Crippen LogP) is 10.6. The lowest BCUT2D eigenvalue weighted by molar-refractivity contribution is 0.0926. The van der Waals surface area contributed by atoms with Crippen LogP contribution in [0.25, 0.3) is 60.9 Å². The molecule has 48 heavy (non-hydrogen) atoms. The van der Waals surface area contributed by atoms with E-state index >= 15 is 0 Å². The molecule has 0 atom stereocenters. The third kappa shape index (κ3) is 4.31. The SMILES string of the molecule is O=C1c2cccc(-n3c4ccccc4c4ccc(-c5ccccc5)cc43)c2C(=O)N1c1ccc(-c2ccccc2)cc1-c1ccccc1. The molecule has 4 heteroatoms. The third-order valence-electron chi connectivity index (χ3n) is 9.34. The molecule has 0 unspecified atom stereocenters. The third-order valence-corrected chi connectivity index (χ3v) is 9.34. The van der Waals surface area contributed by atoms with Crippen LogP contribution in [-0.2, 0) is 0 Å². The van der Waals surface area contributed by atoms with Crippen molar-refractivity contribution in [2.24, 2.45) is 0 Å². The summed E-state index contributed by atoms with van der Waals surface area (Å²) in [6.45, 7) is 0. The summed E-state index contributed by atoms with van der Waals surface area (Å²) in [4.78, 5) is 30.4. The van der Waals surface area contributed by atoms with Crippen molar-refractivity contribution < 1.29 is 9.59 Å². The average molecular weight is 617 g/mol. The number of imide groups is 1. The van der Waals surface area contributed by atoms with Crippen LogP contribution < -0.4 is 4.90 Å². The molecule has 0 N–H and O–H groups in total. The molecular formula is C44H28N2O2. The molecule has 0 aliphatic carbocycles. The Bertz CT molecular complexity index is 2530. The summed E-state index contributed by atoms with van der Waals surface area (Å²) >= 11 is 0. The Labute approximate surface area is 277 Å². The highest BCUT2D eigenvalue weighted by molar-refractivity contribution is 6.36. The van der Waals surface area contributed by atoms with E-state index in [1.807, 2.05) is 103 Å². The number of hydrogen-bond donors (Lipinski definition) is 0. The summed E-state index contributed by atoms with van der Waals surface area (Å²) in [5.74, 6) is -0.660. The van der Waals surface area contributed by atoms with Crippen molar-refractivity contribution >= 4 is 39.3 Å². The number of aromatic nitrogens is 1. The zero-order valence-electron chi connectivity index (χ0n) is 25.9. The van der Waals surface area contributed by atoms with Gasteiger partial charge in [0.2, 0.25) is 0 Å². The van der Waals surface area contributed by atoms with Crippen LogP contribution in [0.2, 0.25) is 0 Å². The van der Waals surface area contributed by atoms with E-state index in [9.17, 15) is 9.59 Å². The summed E-state index contributed by atoms with van der Waals surface area (Å²) in [5.41, 5.74) is 10.0. The first-order valence-electron chi connectivity index (χ1n) is 16.0. The summed E-state index contributed by atoms with van der Waals surface area (Å²) in [6, 6.07) is 56.6. The summed E-state index contributed by atoms with van der Waals surface area (Å²) < 4.78 is 2.14. The molecule has 0 saturated heterocycles. The first-order chi connectivity index (χ1) is 23.7. The maximum Gasteiger partial charge on any atom is 0.268 e. The van der Waals surface area contributed by atoms with E-state index < -0.39 is 0 Å². The van der Waals surface area contributed by atoms with Gasteiger partial charge in [0.1, 0.15) is 0 Å². The van der Waals surface area contributed by atoms with E-state index in [-0.39, 0.29) is 11.8 Å². The minimum Gasteiger partial charge on any atom is -0.308 e. The molecule has 0 fully saturated rings. The second-order valence-corrected chi connectivity index (χ2v) is 12.1. The van der Waals surface area contributed by atoms with E-state index in [4.69, 9.17) is 0 Å².